The summed E-state index contributed by atoms with van der Waals surface area (Å²) in [7, 11) is 0. The lowest BCUT2D eigenvalue weighted by Gasteiger charge is -2.16. The van der Waals surface area contributed by atoms with Gasteiger partial charge in [-0.25, -0.2) is 0 Å². The summed E-state index contributed by atoms with van der Waals surface area (Å²) < 4.78 is 6.73. The molecule has 0 aliphatic heterocycles. The normalized spacial score (nSPS) is 11.8. The number of para-hydroxylation sites is 1. The maximum atomic E-state index is 12.0. The van der Waals surface area contributed by atoms with Gasteiger partial charge < -0.3 is 10.1 Å². The van der Waals surface area contributed by atoms with Gasteiger partial charge in [-0.1, -0.05) is 46.3 Å². The van der Waals surface area contributed by atoms with E-state index in [0.717, 1.165) is 21.3 Å². The molecule has 0 saturated heterocycles. The molecule has 0 fully saturated rings. The van der Waals surface area contributed by atoms with E-state index in [1.54, 1.807) is 0 Å². The van der Waals surface area contributed by atoms with Gasteiger partial charge in [0.15, 0.2) is 0 Å². The lowest BCUT2D eigenvalue weighted by atomic mass is 10.1. The minimum absolute atomic E-state index is 0.000941. The van der Waals surface area contributed by atoms with Gasteiger partial charge in [0.25, 0.3) is 0 Å². The maximum absolute atomic E-state index is 12.0. The summed E-state index contributed by atoms with van der Waals surface area (Å²) in [5, 5.41) is 2.96. The van der Waals surface area contributed by atoms with Crippen LogP contribution in [0.4, 0.5) is 0 Å². The van der Waals surface area contributed by atoms with E-state index in [9.17, 15) is 4.79 Å². The highest BCUT2D eigenvalue weighted by Crippen LogP contribution is 2.16. The molecule has 1 atom stereocenters. The minimum atomic E-state index is -0.0424. The number of ether oxygens (including phenoxy) is 1. The van der Waals surface area contributed by atoms with Crippen molar-refractivity contribution in [1.82, 2.24) is 5.32 Å². The van der Waals surface area contributed by atoms with Gasteiger partial charge in [-0.05, 0) is 43.2 Å². The number of benzene rings is 2. The van der Waals surface area contributed by atoms with Crippen molar-refractivity contribution in [2.75, 3.05) is 6.61 Å². The second-order valence-electron chi connectivity index (χ2n) is 5.35. The molecule has 0 bridgehead atoms. The smallest absolute Gasteiger partial charge is 0.224 e. The summed E-state index contributed by atoms with van der Waals surface area (Å²) in [6, 6.07) is 15.6. The first kappa shape index (κ1) is 16.6. The summed E-state index contributed by atoms with van der Waals surface area (Å²) >= 11 is 3.41. The molecule has 0 aromatic heterocycles. The molecule has 1 amide bonds. The molecule has 0 spiro atoms. The number of halogens is 1. The zero-order chi connectivity index (χ0) is 15.9. The number of hydrogen-bond acceptors (Lipinski definition) is 2. The molecule has 4 heteroatoms. The average molecular weight is 362 g/mol. The number of amides is 1. The Morgan fingerprint density at radius 1 is 1.23 bits per heavy atom. The molecule has 0 unspecified atom stereocenters. The first-order valence-corrected chi connectivity index (χ1v) is 8.06. The highest BCUT2D eigenvalue weighted by Gasteiger charge is 2.09. The molecule has 2 aromatic carbocycles. The van der Waals surface area contributed by atoms with Crippen LogP contribution in [0.5, 0.6) is 5.75 Å². The Morgan fingerprint density at radius 2 is 2.00 bits per heavy atom. The van der Waals surface area contributed by atoms with Crippen molar-refractivity contribution in [3.05, 3.63) is 64.1 Å². The van der Waals surface area contributed by atoms with E-state index < -0.39 is 0 Å². The zero-order valence-electron chi connectivity index (χ0n) is 12.8. The Hall–Kier alpha value is -1.81. The molecule has 2 aromatic rings. The molecular weight excluding hydrogens is 342 g/mol. The predicted molar refractivity (Wildman–Crippen MR) is 92.1 cm³/mol. The van der Waals surface area contributed by atoms with Crippen LogP contribution in [0.25, 0.3) is 0 Å². The zero-order valence-corrected chi connectivity index (χ0v) is 14.4. The molecule has 0 aliphatic rings. The minimum Gasteiger partial charge on any atom is -0.491 e. The van der Waals surface area contributed by atoms with E-state index in [2.05, 4.69) is 21.2 Å². The third-order valence-corrected chi connectivity index (χ3v) is 3.74. The van der Waals surface area contributed by atoms with Crippen molar-refractivity contribution in [3.8, 4) is 5.75 Å². The molecule has 3 nitrogen and oxygen atoms in total. The van der Waals surface area contributed by atoms with Gasteiger partial charge in [0.1, 0.15) is 12.4 Å². The second-order valence-corrected chi connectivity index (χ2v) is 6.27. The monoisotopic (exact) mass is 361 g/mol. The quantitative estimate of drug-likeness (QED) is 0.847. The lowest BCUT2D eigenvalue weighted by molar-refractivity contribution is -0.121. The molecular formula is C18H20BrNO2. The fraction of sp³-hybridized carbons (Fsp3) is 0.278. The van der Waals surface area contributed by atoms with Gasteiger partial charge in [-0.15, -0.1) is 0 Å². The molecule has 0 saturated carbocycles. The predicted octanol–water partition coefficient (Wildman–Crippen LogP) is 3.88. The topological polar surface area (TPSA) is 38.3 Å². The van der Waals surface area contributed by atoms with Crippen LogP contribution in [-0.2, 0) is 11.2 Å². The van der Waals surface area contributed by atoms with Crippen molar-refractivity contribution < 1.29 is 9.53 Å². The average Bonchev–Trinajstić information content (AvgIpc) is 2.46. The Bertz CT molecular complexity index is 642. The summed E-state index contributed by atoms with van der Waals surface area (Å²) in [6.45, 7) is 4.40. The van der Waals surface area contributed by atoms with Crippen LogP contribution in [-0.4, -0.2) is 18.6 Å². The number of aryl methyl sites for hydroxylation is 1. The van der Waals surface area contributed by atoms with E-state index >= 15 is 0 Å². The fourth-order valence-electron chi connectivity index (χ4n) is 2.13. The third-order valence-electron chi connectivity index (χ3n) is 3.24. The van der Waals surface area contributed by atoms with Gasteiger partial charge in [0, 0.05) is 4.47 Å². The number of rotatable bonds is 6. The van der Waals surface area contributed by atoms with Crippen molar-refractivity contribution in [2.45, 2.75) is 26.3 Å². The van der Waals surface area contributed by atoms with Crippen LogP contribution in [0.1, 0.15) is 18.1 Å². The van der Waals surface area contributed by atoms with Crippen LogP contribution in [0.2, 0.25) is 0 Å². The maximum Gasteiger partial charge on any atom is 0.224 e. The third kappa shape index (κ3) is 5.19. The lowest BCUT2D eigenvalue weighted by Crippen LogP contribution is -2.37. The molecule has 1 N–H and O–H groups in total. The van der Waals surface area contributed by atoms with Crippen LogP contribution >= 0.6 is 15.9 Å². The van der Waals surface area contributed by atoms with Crippen molar-refractivity contribution >= 4 is 21.8 Å². The SMILES string of the molecule is Cc1ccccc1OC[C@@H](C)NC(=O)Cc1cccc(Br)c1. The molecule has 2 rings (SSSR count). The number of hydrogen-bond donors (Lipinski definition) is 1. The van der Waals surface area contributed by atoms with Gasteiger partial charge >= 0.3 is 0 Å². The largest absolute Gasteiger partial charge is 0.491 e. The van der Waals surface area contributed by atoms with Gasteiger partial charge in [0.2, 0.25) is 5.91 Å². The fourth-order valence-corrected chi connectivity index (χ4v) is 2.58. The standard InChI is InChI=1S/C18H20BrNO2/c1-13-6-3-4-9-17(13)22-12-14(2)20-18(21)11-15-7-5-8-16(19)10-15/h3-10,14H,11-12H2,1-2H3,(H,20,21)/t14-/m1/s1. The van der Waals surface area contributed by atoms with E-state index in [0.29, 0.717) is 13.0 Å². The van der Waals surface area contributed by atoms with Crippen LogP contribution in [0.3, 0.4) is 0 Å². The van der Waals surface area contributed by atoms with Crippen molar-refractivity contribution in [1.29, 1.82) is 0 Å². The molecule has 22 heavy (non-hydrogen) atoms. The molecule has 0 aliphatic carbocycles. The Morgan fingerprint density at radius 3 is 2.73 bits per heavy atom. The summed E-state index contributed by atoms with van der Waals surface area (Å²) in [4.78, 5) is 12.0. The van der Waals surface area contributed by atoms with E-state index in [4.69, 9.17) is 4.74 Å². The summed E-state index contributed by atoms with van der Waals surface area (Å²) in [5.41, 5.74) is 2.08. The van der Waals surface area contributed by atoms with Gasteiger partial charge in [-0.2, -0.15) is 0 Å². The number of carbonyl (C=O) groups is 1. The summed E-state index contributed by atoms with van der Waals surface area (Å²) in [6.07, 6.45) is 0.369. The highest BCUT2D eigenvalue weighted by molar-refractivity contribution is 9.10. The molecule has 0 heterocycles. The van der Waals surface area contributed by atoms with Crippen LogP contribution < -0.4 is 10.1 Å². The van der Waals surface area contributed by atoms with Crippen molar-refractivity contribution in [3.63, 3.8) is 0 Å². The van der Waals surface area contributed by atoms with E-state index in [1.807, 2.05) is 62.4 Å². The Balaban J connectivity index is 1.80. The van der Waals surface area contributed by atoms with Crippen LogP contribution in [0, 0.1) is 6.92 Å². The van der Waals surface area contributed by atoms with Gasteiger partial charge in [-0.3, -0.25) is 4.79 Å². The van der Waals surface area contributed by atoms with Gasteiger partial charge in [0.05, 0.1) is 12.5 Å². The molecule has 0 radical (unpaired) electrons. The molecule has 116 valence electrons. The number of nitrogens with one attached hydrogen (secondary N) is 1. The Labute approximate surface area is 139 Å². The second kappa shape index (κ2) is 7.99. The van der Waals surface area contributed by atoms with E-state index in [-0.39, 0.29) is 11.9 Å². The van der Waals surface area contributed by atoms with E-state index in [1.165, 1.54) is 0 Å². The van der Waals surface area contributed by atoms with Crippen LogP contribution in [0.15, 0.2) is 53.0 Å². The number of carbonyl (C=O) groups excluding carboxylic acids is 1. The van der Waals surface area contributed by atoms with Crippen molar-refractivity contribution in [2.24, 2.45) is 0 Å². The Kier molecular flexibility index (Phi) is 6.01. The first-order valence-electron chi connectivity index (χ1n) is 7.27. The summed E-state index contributed by atoms with van der Waals surface area (Å²) in [5.74, 6) is 0.856. The highest BCUT2D eigenvalue weighted by atomic mass is 79.9. The first-order chi connectivity index (χ1) is 10.5.